The molecule has 0 unspecified atom stereocenters. The monoisotopic (exact) mass is 440 g/mol. The molecule has 0 spiro atoms. The topological polar surface area (TPSA) is 59.0 Å². The number of nitrogens with zero attached hydrogens (tertiary/aromatic N) is 2. The van der Waals surface area contributed by atoms with E-state index in [0.29, 0.717) is 24.5 Å². The van der Waals surface area contributed by atoms with Crippen LogP contribution in [0.15, 0.2) is 69.9 Å². The minimum atomic E-state index is -3.65. The van der Waals surface area contributed by atoms with Gasteiger partial charge in [0.05, 0.1) is 12.8 Å². The molecule has 3 rings (SSSR count). The molecule has 8 heteroatoms. The van der Waals surface area contributed by atoms with E-state index in [-0.39, 0.29) is 4.21 Å². The molecule has 156 valence electrons. The number of aliphatic imine (C=N–C) groups is 1. The van der Waals surface area contributed by atoms with Gasteiger partial charge in [-0.1, -0.05) is 74.5 Å². The zero-order valence-corrected chi connectivity index (χ0v) is 19.3. The standard InChI is InChI=1S/C22H25BN2O3S2/c1-4-25(5-2)30(26,27)22-20(28-3)19(21(23)29-22)24-18(16-12-8-6-9-13-16)17-14-10-7-11-15-17/h6-15H,4-5,23H2,1-3H3. The smallest absolute Gasteiger partial charge is 0.256 e. The second kappa shape index (κ2) is 9.60. The zero-order valence-electron chi connectivity index (χ0n) is 17.6. The average Bonchev–Trinajstić information content (AvgIpc) is 3.10. The van der Waals surface area contributed by atoms with Crippen molar-refractivity contribution >= 4 is 45.4 Å². The number of hydrogen-bond acceptors (Lipinski definition) is 5. The van der Waals surface area contributed by atoms with Gasteiger partial charge in [-0.05, 0) is 4.78 Å². The Morgan fingerprint density at radius 1 is 1.00 bits per heavy atom. The molecule has 0 fully saturated rings. The third-order valence-electron chi connectivity index (χ3n) is 4.78. The van der Waals surface area contributed by atoms with Crippen molar-refractivity contribution in [2.75, 3.05) is 20.2 Å². The first kappa shape index (κ1) is 22.3. The maximum absolute atomic E-state index is 13.2. The Balaban J connectivity index is 2.23. The Labute approximate surface area is 183 Å². The van der Waals surface area contributed by atoms with E-state index in [1.807, 2.05) is 82.4 Å². The summed E-state index contributed by atoms with van der Waals surface area (Å²) in [7, 11) is -0.285. The molecule has 2 aromatic carbocycles. The number of ether oxygens (including phenoxy) is 1. The van der Waals surface area contributed by atoms with Crippen molar-refractivity contribution in [2.24, 2.45) is 4.99 Å². The van der Waals surface area contributed by atoms with Crippen LogP contribution < -0.4 is 9.51 Å². The summed E-state index contributed by atoms with van der Waals surface area (Å²) < 4.78 is 34.4. The predicted octanol–water partition coefficient (Wildman–Crippen LogP) is 3.21. The van der Waals surface area contributed by atoms with Crippen molar-refractivity contribution in [3.8, 4) is 5.75 Å². The van der Waals surface area contributed by atoms with Crippen LogP contribution in [0.3, 0.4) is 0 Å². The van der Waals surface area contributed by atoms with Crippen molar-refractivity contribution in [2.45, 2.75) is 18.1 Å². The number of hydrogen-bond donors (Lipinski definition) is 0. The van der Waals surface area contributed by atoms with E-state index in [0.717, 1.165) is 21.6 Å². The minimum absolute atomic E-state index is 0.199. The van der Waals surface area contributed by atoms with Gasteiger partial charge in [0.1, 0.15) is 5.69 Å². The Morgan fingerprint density at radius 2 is 1.50 bits per heavy atom. The van der Waals surface area contributed by atoms with E-state index in [4.69, 9.17) is 9.73 Å². The lowest BCUT2D eigenvalue weighted by atomic mass is 10.0. The molecule has 0 aliphatic heterocycles. The highest BCUT2D eigenvalue weighted by molar-refractivity contribution is 7.91. The van der Waals surface area contributed by atoms with Gasteiger partial charge in [-0.2, -0.15) is 4.31 Å². The van der Waals surface area contributed by atoms with Crippen molar-refractivity contribution in [3.63, 3.8) is 0 Å². The first-order valence-electron chi connectivity index (χ1n) is 9.81. The summed E-state index contributed by atoms with van der Waals surface area (Å²) in [5.74, 6) is 0.300. The van der Waals surface area contributed by atoms with Gasteiger partial charge in [-0.25, -0.2) is 13.4 Å². The van der Waals surface area contributed by atoms with Gasteiger partial charge in [0.25, 0.3) is 10.0 Å². The number of rotatable bonds is 8. The first-order chi connectivity index (χ1) is 14.4. The second-order valence-electron chi connectivity index (χ2n) is 6.61. The molecule has 0 bridgehead atoms. The molecule has 0 saturated heterocycles. The van der Waals surface area contributed by atoms with Gasteiger partial charge in [0.15, 0.2) is 17.8 Å². The molecule has 0 aliphatic rings. The summed E-state index contributed by atoms with van der Waals surface area (Å²) in [6.07, 6.45) is 0. The van der Waals surface area contributed by atoms with Crippen LogP contribution in [-0.2, 0) is 10.0 Å². The molecule has 0 amide bonds. The number of benzene rings is 2. The summed E-state index contributed by atoms with van der Waals surface area (Å²) in [6, 6.07) is 19.7. The number of sulfonamides is 1. The van der Waals surface area contributed by atoms with Crippen molar-refractivity contribution in [3.05, 3.63) is 71.8 Å². The van der Waals surface area contributed by atoms with Crippen LogP contribution in [0.4, 0.5) is 5.69 Å². The summed E-state index contributed by atoms with van der Waals surface area (Å²) in [5, 5.41) is 0. The lowest BCUT2D eigenvalue weighted by Crippen LogP contribution is -2.30. The predicted molar refractivity (Wildman–Crippen MR) is 127 cm³/mol. The molecule has 3 aromatic rings. The zero-order chi connectivity index (χ0) is 21.7. The quantitative estimate of drug-likeness (QED) is 0.399. The van der Waals surface area contributed by atoms with E-state index >= 15 is 0 Å². The van der Waals surface area contributed by atoms with Crippen molar-refractivity contribution < 1.29 is 13.2 Å². The SMILES string of the molecule is Bc1sc(S(=O)(=O)N(CC)CC)c(OC)c1N=C(c1ccccc1)c1ccccc1. The highest BCUT2D eigenvalue weighted by Crippen LogP contribution is 2.40. The van der Waals surface area contributed by atoms with Gasteiger partial charge in [-0.15, -0.1) is 11.3 Å². The van der Waals surface area contributed by atoms with E-state index in [1.54, 1.807) is 0 Å². The molecular formula is C22H25BN2O3S2. The first-order valence-corrected chi connectivity index (χ1v) is 12.1. The van der Waals surface area contributed by atoms with Crippen LogP contribution in [0, 0.1) is 0 Å². The van der Waals surface area contributed by atoms with Crippen LogP contribution in [0.2, 0.25) is 0 Å². The van der Waals surface area contributed by atoms with Gasteiger partial charge in [-0.3, -0.25) is 0 Å². The lowest BCUT2D eigenvalue weighted by Gasteiger charge is -2.18. The fraction of sp³-hybridized carbons (Fsp3) is 0.227. The summed E-state index contributed by atoms with van der Waals surface area (Å²) in [4.78, 5) is 4.93. The van der Waals surface area contributed by atoms with E-state index in [2.05, 4.69) is 0 Å². The van der Waals surface area contributed by atoms with Crippen LogP contribution in [0.25, 0.3) is 0 Å². The average molecular weight is 440 g/mol. The third-order valence-corrected chi connectivity index (χ3v) is 8.38. The highest BCUT2D eigenvalue weighted by Gasteiger charge is 2.31. The number of methoxy groups -OCH3 is 1. The van der Waals surface area contributed by atoms with Gasteiger partial charge in [0, 0.05) is 24.2 Å². The Hall–Kier alpha value is -2.42. The van der Waals surface area contributed by atoms with Gasteiger partial charge >= 0.3 is 0 Å². The molecule has 1 aromatic heterocycles. The van der Waals surface area contributed by atoms with Crippen LogP contribution >= 0.6 is 11.3 Å². The second-order valence-corrected chi connectivity index (χ2v) is 9.97. The van der Waals surface area contributed by atoms with Gasteiger partial charge in [0.2, 0.25) is 0 Å². The Bertz CT molecular complexity index is 1080. The highest BCUT2D eigenvalue weighted by atomic mass is 32.2. The molecule has 5 nitrogen and oxygen atoms in total. The molecule has 0 radical (unpaired) electrons. The van der Waals surface area contributed by atoms with Gasteiger partial charge < -0.3 is 4.74 Å². The lowest BCUT2D eigenvalue weighted by molar-refractivity contribution is 0.401. The summed E-state index contributed by atoms with van der Waals surface area (Å²) in [6.45, 7) is 4.46. The normalized spacial score (nSPS) is 11.5. The molecule has 30 heavy (non-hydrogen) atoms. The summed E-state index contributed by atoms with van der Waals surface area (Å²) >= 11 is 1.20. The maximum Gasteiger partial charge on any atom is 0.256 e. The van der Waals surface area contributed by atoms with Crippen LogP contribution in [0.1, 0.15) is 25.0 Å². The Kier molecular flexibility index (Phi) is 7.12. The molecule has 0 aliphatic carbocycles. The molecular weight excluding hydrogens is 415 g/mol. The fourth-order valence-corrected chi connectivity index (χ4v) is 6.48. The third kappa shape index (κ3) is 4.36. The summed E-state index contributed by atoms with van der Waals surface area (Å²) in [5.41, 5.74) is 3.21. The maximum atomic E-state index is 13.2. The largest absolute Gasteiger partial charge is 0.492 e. The molecule has 1 heterocycles. The van der Waals surface area contributed by atoms with E-state index in [1.165, 1.54) is 22.8 Å². The minimum Gasteiger partial charge on any atom is -0.492 e. The molecule has 0 N–H and O–H groups in total. The number of thiophene rings is 1. The molecule has 0 atom stereocenters. The Morgan fingerprint density at radius 3 is 1.93 bits per heavy atom. The van der Waals surface area contributed by atoms with Crippen LogP contribution in [-0.4, -0.2) is 46.5 Å². The van der Waals surface area contributed by atoms with Crippen molar-refractivity contribution in [1.29, 1.82) is 0 Å². The van der Waals surface area contributed by atoms with E-state index in [9.17, 15) is 8.42 Å². The fourth-order valence-electron chi connectivity index (χ4n) is 3.25. The van der Waals surface area contributed by atoms with E-state index < -0.39 is 10.0 Å². The molecule has 0 saturated carbocycles. The van der Waals surface area contributed by atoms with Crippen molar-refractivity contribution in [1.82, 2.24) is 4.31 Å². The van der Waals surface area contributed by atoms with Crippen LogP contribution in [0.5, 0.6) is 5.75 Å².